The predicted octanol–water partition coefficient (Wildman–Crippen LogP) is 4.59. The Labute approximate surface area is 209 Å². The minimum absolute atomic E-state index is 0.117. The lowest BCUT2D eigenvalue weighted by Gasteiger charge is -2.31. The van der Waals surface area contributed by atoms with Gasteiger partial charge in [-0.1, -0.05) is 24.3 Å². The molecule has 5 rings (SSSR count). The molecular formula is C28H28N4O4. The summed E-state index contributed by atoms with van der Waals surface area (Å²) in [7, 11) is 3.16. The maximum atomic E-state index is 13.9. The van der Waals surface area contributed by atoms with Crippen molar-refractivity contribution in [3.05, 3.63) is 76.9 Å². The Kier molecular flexibility index (Phi) is 6.10. The number of allylic oxidation sites excluding steroid dienone is 2. The molecule has 0 saturated carbocycles. The van der Waals surface area contributed by atoms with Crippen LogP contribution in [-0.2, 0) is 9.53 Å². The Hall–Kier alpha value is -4.33. The highest BCUT2D eigenvalue weighted by molar-refractivity contribution is 6.26. The highest BCUT2D eigenvalue weighted by Crippen LogP contribution is 2.45. The van der Waals surface area contributed by atoms with Gasteiger partial charge in [0, 0.05) is 39.9 Å². The van der Waals surface area contributed by atoms with E-state index in [1.54, 1.807) is 14.2 Å². The van der Waals surface area contributed by atoms with Crippen LogP contribution in [-0.4, -0.2) is 43.1 Å². The van der Waals surface area contributed by atoms with E-state index in [0.717, 1.165) is 22.0 Å². The van der Waals surface area contributed by atoms with Crippen LogP contribution in [0.2, 0.25) is 0 Å². The lowest BCUT2D eigenvalue weighted by molar-refractivity contribution is -0.117. The number of ketones is 1. The summed E-state index contributed by atoms with van der Waals surface area (Å²) in [6, 6.07) is 13.5. The number of benzene rings is 2. The number of carbonyl (C=O) groups excluding carboxylic acids is 1. The summed E-state index contributed by atoms with van der Waals surface area (Å²) < 4.78 is 16.7. The lowest BCUT2D eigenvalue weighted by atomic mass is 9.74. The van der Waals surface area contributed by atoms with Gasteiger partial charge < -0.3 is 24.9 Å². The van der Waals surface area contributed by atoms with Crippen molar-refractivity contribution < 1.29 is 19.0 Å². The van der Waals surface area contributed by atoms with Gasteiger partial charge in [0.2, 0.25) is 0 Å². The van der Waals surface area contributed by atoms with E-state index in [9.17, 15) is 4.79 Å². The number of rotatable bonds is 6. The van der Waals surface area contributed by atoms with E-state index in [2.05, 4.69) is 9.98 Å². The minimum Gasteiger partial charge on any atom is -0.493 e. The third-order valence-electron chi connectivity index (χ3n) is 6.61. The van der Waals surface area contributed by atoms with Crippen LogP contribution in [0.5, 0.6) is 11.5 Å². The van der Waals surface area contributed by atoms with Gasteiger partial charge in [0.25, 0.3) is 0 Å². The molecule has 184 valence electrons. The quantitative estimate of drug-likeness (QED) is 0.393. The zero-order valence-electron chi connectivity index (χ0n) is 20.7. The van der Waals surface area contributed by atoms with E-state index in [4.69, 9.17) is 24.9 Å². The average molecular weight is 485 g/mol. The maximum Gasteiger partial charge on any atom is 0.192 e. The normalized spacial score (nSPS) is 21.8. The molecule has 8 heteroatoms. The molecule has 3 aromatic rings. The van der Waals surface area contributed by atoms with E-state index >= 15 is 0 Å². The monoisotopic (exact) mass is 484 g/mol. The summed E-state index contributed by atoms with van der Waals surface area (Å²) in [6.45, 7) is 4.12. The fourth-order valence-corrected chi connectivity index (χ4v) is 4.98. The number of nitrogens with one attached hydrogen (secondary N) is 1. The predicted molar refractivity (Wildman–Crippen MR) is 140 cm³/mol. The Morgan fingerprint density at radius 1 is 1.08 bits per heavy atom. The summed E-state index contributed by atoms with van der Waals surface area (Å²) in [5.74, 6) is 0.663. The molecule has 0 aliphatic carbocycles. The highest BCUT2D eigenvalue weighted by atomic mass is 16.5. The second-order valence-electron chi connectivity index (χ2n) is 8.63. The zero-order valence-corrected chi connectivity index (χ0v) is 20.7. The molecule has 1 aromatic heterocycles. The van der Waals surface area contributed by atoms with Crippen LogP contribution in [0.15, 0.2) is 75.8 Å². The van der Waals surface area contributed by atoms with Gasteiger partial charge in [-0.15, -0.1) is 0 Å². The number of aliphatic imine (C=N–C) groups is 2. The number of nitrogens with zero attached hydrogens (tertiary/aromatic N) is 2. The Balaban J connectivity index is 1.65. The summed E-state index contributed by atoms with van der Waals surface area (Å²) in [6.07, 6.45) is 3.70. The van der Waals surface area contributed by atoms with Gasteiger partial charge in [-0.05, 0) is 43.7 Å². The number of amidine groups is 1. The van der Waals surface area contributed by atoms with Crippen LogP contribution in [0.3, 0.4) is 0 Å². The van der Waals surface area contributed by atoms with Crippen molar-refractivity contribution in [2.45, 2.75) is 19.8 Å². The second-order valence-corrected chi connectivity index (χ2v) is 8.63. The molecular weight excluding hydrogens is 456 g/mol. The molecule has 8 nitrogen and oxygen atoms in total. The minimum atomic E-state index is -0.641. The molecule has 2 aliphatic heterocycles. The number of Topliss-reactive ketones (excluding diaryl/α,β-unsaturated/α-hetero) is 1. The number of carbonyl (C=O) groups is 1. The smallest absolute Gasteiger partial charge is 0.192 e. The first kappa shape index (κ1) is 23.4. The van der Waals surface area contributed by atoms with Gasteiger partial charge in [0.05, 0.1) is 26.7 Å². The number of hydrogen-bond acceptors (Lipinski definition) is 7. The molecule has 2 unspecified atom stereocenters. The number of methoxy groups -OCH3 is 2. The average Bonchev–Trinajstić information content (AvgIpc) is 3.43. The zero-order chi connectivity index (χ0) is 25.4. The van der Waals surface area contributed by atoms with E-state index in [1.165, 1.54) is 0 Å². The van der Waals surface area contributed by atoms with Gasteiger partial charge in [0.15, 0.2) is 23.2 Å². The van der Waals surface area contributed by atoms with Crippen LogP contribution in [0.4, 0.5) is 0 Å². The molecule has 2 atom stereocenters. The number of ether oxygens (including phenoxy) is 3. The van der Waals surface area contributed by atoms with E-state index in [0.29, 0.717) is 40.9 Å². The fraction of sp³-hybridized carbons (Fsp3) is 0.250. The Bertz CT molecular complexity index is 1480. The molecule has 0 bridgehead atoms. The Morgan fingerprint density at radius 3 is 2.61 bits per heavy atom. The van der Waals surface area contributed by atoms with Gasteiger partial charge in [-0.3, -0.25) is 4.79 Å². The van der Waals surface area contributed by atoms with Crippen molar-refractivity contribution in [1.82, 2.24) is 4.98 Å². The molecule has 2 aliphatic rings. The molecule has 2 aromatic carbocycles. The third kappa shape index (κ3) is 3.84. The van der Waals surface area contributed by atoms with Gasteiger partial charge in [-0.2, -0.15) is 0 Å². The molecule has 36 heavy (non-hydrogen) atoms. The first-order valence-electron chi connectivity index (χ1n) is 11.8. The summed E-state index contributed by atoms with van der Waals surface area (Å²) >= 11 is 0. The molecule has 0 amide bonds. The van der Waals surface area contributed by atoms with Crippen LogP contribution in [0.25, 0.3) is 17.0 Å². The van der Waals surface area contributed by atoms with Crippen molar-refractivity contribution in [3.8, 4) is 11.5 Å². The van der Waals surface area contributed by atoms with Gasteiger partial charge in [-0.25, -0.2) is 9.98 Å². The van der Waals surface area contributed by atoms with E-state index in [-0.39, 0.29) is 11.7 Å². The molecule has 0 radical (unpaired) electrons. The lowest BCUT2D eigenvalue weighted by Crippen LogP contribution is -2.35. The van der Waals surface area contributed by atoms with E-state index < -0.39 is 11.8 Å². The molecule has 3 heterocycles. The Morgan fingerprint density at radius 2 is 1.86 bits per heavy atom. The highest BCUT2D eigenvalue weighted by Gasteiger charge is 2.46. The largest absolute Gasteiger partial charge is 0.493 e. The standard InChI is InChI=1S/C28H28N4O4/c1-5-36-27(29)23-15(2)31-28-25(24(23)16-10-11-21(34-3)22(13-16)35-4)26(33)20(32-28)12-17-14-30-19-9-7-6-8-18(17)19/h6-14,24-25,30H,5,29H2,1-4H3/b20-12-,27-23?. The SMILES string of the molecule is CCOC(N)=C1C(C)=NC2=N/C(=C\c3c[nH]c4ccccc34)C(=O)C2C1c1ccc(OC)c(OC)c1. The van der Waals surface area contributed by atoms with Crippen molar-refractivity contribution in [2.75, 3.05) is 20.8 Å². The number of hydrogen-bond donors (Lipinski definition) is 2. The molecule has 0 saturated heterocycles. The second kappa shape index (κ2) is 9.37. The van der Waals surface area contributed by atoms with Crippen molar-refractivity contribution >= 4 is 34.3 Å². The molecule has 0 fully saturated rings. The van der Waals surface area contributed by atoms with E-state index in [1.807, 2.05) is 68.6 Å². The number of aromatic amines is 1. The summed E-state index contributed by atoms with van der Waals surface area (Å²) in [4.78, 5) is 26.5. The van der Waals surface area contributed by atoms with Gasteiger partial charge >= 0.3 is 0 Å². The first-order chi connectivity index (χ1) is 17.5. The molecule has 3 N–H and O–H groups in total. The number of fused-ring (bicyclic) bond motifs is 2. The van der Waals surface area contributed by atoms with Crippen LogP contribution in [0.1, 0.15) is 30.9 Å². The van der Waals surface area contributed by atoms with Gasteiger partial charge in [0.1, 0.15) is 11.5 Å². The first-order valence-corrected chi connectivity index (χ1v) is 11.8. The number of para-hydroxylation sites is 1. The van der Waals surface area contributed by atoms with Crippen LogP contribution < -0.4 is 15.2 Å². The van der Waals surface area contributed by atoms with Crippen molar-refractivity contribution in [2.24, 2.45) is 21.6 Å². The van der Waals surface area contributed by atoms with Crippen LogP contribution in [0, 0.1) is 5.92 Å². The fourth-order valence-electron chi connectivity index (χ4n) is 4.98. The molecule has 0 spiro atoms. The van der Waals surface area contributed by atoms with Crippen LogP contribution >= 0.6 is 0 Å². The summed E-state index contributed by atoms with van der Waals surface area (Å²) in [5, 5.41) is 1.02. The maximum absolute atomic E-state index is 13.9. The third-order valence-corrected chi connectivity index (χ3v) is 6.61. The number of H-pyrrole nitrogens is 1. The topological polar surface area (TPSA) is 111 Å². The summed E-state index contributed by atoms with van der Waals surface area (Å²) in [5.41, 5.74) is 10.8. The van der Waals surface area contributed by atoms with Crippen molar-refractivity contribution in [3.63, 3.8) is 0 Å². The van der Waals surface area contributed by atoms with Crippen molar-refractivity contribution in [1.29, 1.82) is 0 Å². The number of aromatic nitrogens is 1. The number of nitrogens with two attached hydrogens (primary N) is 1.